The van der Waals surface area contributed by atoms with E-state index in [1.165, 1.54) is 0 Å². The highest BCUT2D eigenvalue weighted by Crippen LogP contribution is 2.34. The number of carbonyl (C=O) groups is 1. The zero-order valence-corrected chi connectivity index (χ0v) is 11.2. The molecule has 0 aliphatic rings. The minimum absolute atomic E-state index is 0.152. The Bertz CT molecular complexity index is 507. The minimum atomic E-state index is -4.37. The summed E-state index contributed by atoms with van der Waals surface area (Å²) in [6, 6.07) is 0. The fourth-order valence-electron chi connectivity index (χ4n) is 1.27. The average Bonchev–Trinajstić information content (AvgIpc) is 2.33. The number of hydrogen-bond acceptors (Lipinski definition) is 4. The second-order valence-corrected chi connectivity index (χ2v) is 4.31. The SMILES string of the molecule is COC(=O)c1nc(CCC(F)(F)F)c(Cl)c(N)c1Cl. The summed E-state index contributed by atoms with van der Waals surface area (Å²) in [4.78, 5) is 15.0. The molecule has 0 saturated heterocycles. The second kappa shape index (κ2) is 5.83. The van der Waals surface area contributed by atoms with E-state index in [2.05, 4.69) is 9.72 Å². The number of aryl methyl sites for hydroxylation is 1. The van der Waals surface area contributed by atoms with Gasteiger partial charge in [-0.15, -0.1) is 0 Å². The molecule has 106 valence electrons. The summed E-state index contributed by atoms with van der Waals surface area (Å²) in [5.74, 6) is -0.901. The molecule has 0 aromatic carbocycles. The van der Waals surface area contributed by atoms with Gasteiger partial charge in [0.15, 0.2) is 5.69 Å². The third kappa shape index (κ3) is 3.87. The molecule has 1 heterocycles. The molecule has 4 nitrogen and oxygen atoms in total. The van der Waals surface area contributed by atoms with Crippen LogP contribution in [0.2, 0.25) is 10.0 Å². The van der Waals surface area contributed by atoms with Crippen LogP contribution in [0.5, 0.6) is 0 Å². The number of nitrogen functional groups attached to an aromatic ring is 1. The smallest absolute Gasteiger partial charge is 0.389 e. The molecule has 1 aromatic heterocycles. The number of anilines is 1. The number of hydrogen-bond donors (Lipinski definition) is 1. The molecule has 0 atom stereocenters. The van der Waals surface area contributed by atoms with Crippen molar-refractivity contribution in [2.75, 3.05) is 12.8 Å². The van der Waals surface area contributed by atoms with Crippen LogP contribution in [0.1, 0.15) is 22.6 Å². The van der Waals surface area contributed by atoms with Crippen LogP contribution in [-0.4, -0.2) is 24.2 Å². The Kier molecular flexibility index (Phi) is 4.86. The molecule has 19 heavy (non-hydrogen) atoms. The van der Waals surface area contributed by atoms with Gasteiger partial charge in [0.05, 0.1) is 28.5 Å². The predicted octanol–water partition coefficient (Wildman–Crippen LogP) is 3.25. The van der Waals surface area contributed by atoms with Crippen LogP contribution in [0.3, 0.4) is 0 Å². The van der Waals surface area contributed by atoms with Gasteiger partial charge in [-0.05, 0) is 6.42 Å². The summed E-state index contributed by atoms with van der Waals surface area (Å²) in [5.41, 5.74) is 4.81. The van der Waals surface area contributed by atoms with Gasteiger partial charge in [-0.2, -0.15) is 13.2 Å². The first-order chi connectivity index (χ1) is 8.67. The number of esters is 1. The van der Waals surface area contributed by atoms with Crippen LogP contribution in [0.25, 0.3) is 0 Å². The van der Waals surface area contributed by atoms with Crippen molar-refractivity contribution in [2.24, 2.45) is 0 Å². The normalized spacial score (nSPS) is 11.5. The number of nitrogens with two attached hydrogens (primary N) is 1. The lowest BCUT2D eigenvalue weighted by atomic mass is 10.2. The standard InChI is InChI=1S/C10H9Cl2F3N2O2/c1-19-9(18)8-6(12)7(16)5(11)4(17-8)2-3-10(13,14)15/h2-3H2,1H3,(H2,16,17). The first kappa shape index (κ1) is 15.8. The largest absolute Gasteiger partial charge is 0.464 e. The molecule has 0 spiro atoms. The van der Waals surface area contributed by atoms with Gasteiger partial charge in [0.2, 0.25) is 0 Å². The Labute approximate surface area is 116 Å². The van der Waals surface area contributed by atoms with Crippen molar-refractivity contribution in [3.05, 3.63) is 21.4 Å². The molecule has 0 amide bonds. The summed E-state index contributed by atoms with van der Waals surface area (Å²) < 4.78 is 40.9. The quantitative estimate of drug-likeness (QED) is 0.869. The number of rotatable bonds is 3. The number of halogens is 5. The van der Waals surface area contributed by atoms with Gasteiger partial charge >= 0.3 is 12.1 Å². The highest BCUT2D eigenvalue weighted by molar-refractivity contribution is 6.40. The lowest BCUT2D eigenvalue weighted by molar-refractivity contribution is -0.134. The molecule has 0 fully saturated rings. The van der Waals surface area contributed by atoms with Gasteiger partial charge < -0.3 is 10.5 Å². The molecule has 1 aromatic rings. The van der Waals surface area contributed by atoms with Crippen LogP contribution in [-0.2, 0) is 11.2 Å². The number of carbonyl (C=O) groups excluding carboxylic acids is 1. The number of nitrogens with zero attached hydrogens (tertiary/aromatic N) is 1. The first-order valence-corrected chi connectivity index (χ1v) is 5.71. The molecule has 0 saturated carbocycles. The maximum atomic E-state index is 12.2. The summed E-state index contributed by atoms with van der Waals surface area (Å²) in [6.07, 6.45) is -6.01. The topological polar surface area (TPSA) is 65.2 Å². The average molecular weight is 317 g/mol. The van der Waals surface area contributed by atoms with Crippen molar-refractivity contribution in [1.82, 2.24) is 4.98 Å². The van der Waals surface area contributed by atoms with Gasteiger partial charge in [-0.3, -0.25) is 0 Å². The Morgan fingerprint density at radius 3 is 2.42 bits per heavy atom. The third-order valence-electron chi connectivity index (χ3n) is 2.20. The predicted molar refractivity (Wildman–Crippen MR) is 64.4 cm³/mol. The van der Waals surface area contributed by atoms with Gasteiger partial charge in [0.1, 0.15) is 0 Å². The van der Waals surface area contributed by atoms with Crippen LogP contribution in [0.4, 0.5) is 18.9 Å². The molecule has 0 aliphatic carbocycles. The van der Waals surface area contributed by atoms with Crippen LogP contribution in [0, 0.1) is 0 Å². The number of pyridine rings is 1. The van der Waals surface area contributed by atoms with E-state index in [1.54, 1.807) is 0 Å². The van der Waals surface area contributed by atoms with Gasteiger partial charge in [-0.1, -0.05) is 23.2 Å². The lowest BCUT2D eigenvalue weighted by Gasteiger charge is -2.12. The van der Waals surface area contributed by atoms with Crippen molar-refractivity contribution in [3.8, 4) is 0 Å². The fourth-order valence-corrected chi connectivity index (χ4v) is 1.76. The van der Waals surface area contributed by atoms with Crippen molar-refractivity contribution in [1.29, 1.82) is 0 Å². The zero-order valence-electron chi connectivity index (χ0n) is 9.65. The van der Waals surface area contributed by atoms with Gasteiger partial charge in [0.25, 0.3) is 0 Å². The van der Waals surface area contributed by atoms with Gasteiger partial charge in [0, 0.05) is 6.42 Å². The molecule has 1 rings (SSSR count). The van der Waals surface area contributed by atoms with E-state index < -0.39 is 25.0 Å². The molecule has 0 radical (unpaired) electrons. The van der Waals surface area contributed by atoms with Crippen molar-refractivity contribution >= 4 is 34.9 Å². The summed E-state index contributed by atoms with van der Waals surface area (Å²) >= 11 is 11.5. The van der Waals surface area contributed by atoms with Crippen molar-refractivity contribution < 1.29 is 22.7 Å². The van der Waals surface area contributed by atoms with Gasteiger partial charge in [-0.25, -0.2) is 9.78 Å². The highest BCUT2D eigenvalue weighted by atomic mass is 35.5. The maximum Gasteiger partial charge on any atom is 0.389 e. The third-order valence-corrected chi connectivity index (χ3v) is 3.01. The minimum Gasteiger partial charge on any atom is -0.464 e. The monoisotopic (exact) mass is 316 g/mol. The summed E-state index contributed by atoms with van der Waals surface area (Å²) in [6.45, 7) is 0. The lowest BCUT2D eigenvalue weighted by Crippen LogP contribution is -2.13. The number of aromatic nitrogens is 1. The fraction of sp³-hybridized carbons (Fsp3) is 0.400. The molecule has 2 N–H and O–H groups in total. The van der Waals surface area contributed by atoms with Crippen molar-refractivity contribution in [3.63, 3.8) is 0 Å². The molecular formula is C10H9Cl2F3N2O2. The highest BCUT2D eigenvalue weighted by Gasteiger charge is 2.29. The van der Waals surface area contributed by atoms with E-state index in [-0.39, 0.29) is 27.1 Å². The summed E-state index contributed by atoms with van der Waals surface area (Å²) in [5, 5.41) is -0.436. The molecule has 0 aliphatic heterocycles. The first-order valence-electron chi connectivity index (χ1n) is 4.95. The molecular weight excluding hydrogens is 308 g/mol. The van der Waals surface area contributed by atoms with E-state index >= 15 is 0 Å². The van der Waals surface area contributed by atoms with Crippen LogP contribution < -0.4 is 5.73 Å². The Balaban J connectivity index is 3.18. The maximum absolute atomic E-state index is 12.2. The Morgan fingerprint density at radius 1 is 1.37 bits per heavy atom. The van der Waals surface area contributed by atoms with E-state index in [0.717, 1.165) is 7.11 Å². The zero-order chi connectivity index (χ0) is 14.8. The Morgan fingerprint density at radius 2 is 1.95 bits per heavy atom. The van der Waals surface area contributed by atoms with E-state index in [4.69, 9.17) is 28.9 Å². The van der Waals surface area contributed by atoms with E-state index in [0.29, 0.717) is 0 Å². The molecule has 9 heteroatoms. The second-order valence-electron chi connectivity index (χ2n) is 3.56. The van der Waals surface area contributed by atoms with Crippen molar-refractivity contribution in [2.45, 2.75) is 19.0 Å². The van der Waals surface area contributed by atoms with E-state index in [9.17, 15) is 18.0 Å². The number of alkyl halides is 3. The van der Waals surface area contributed by atoms with Crippen LogP contribution in [0.15, 0.2) is 0 Å². The summed E-state index contributed by atoms with van der Waals surface area (Å²) in [7, 11) is 1.08. The van der Waals surface area contributed by atoms with E-state index in [1.807, 2.05) is 0 Å². The number of ether oxygens (including phenoxy) is 1. The Hall–Kier alpha value is -1.21. The van der Waals surface area contributed by atoms with Crippen LogP contribution >= 0.6 is 23.2 Å². The molecule has 0 unspecified atom stereocenters. The molecule has 0 bridgehead atoms. The number of methoxy groups -OCH3 is 1.